The number of rotatable bonds is 4. The molecule has 1 aromatic rings. The molecule has 0 N–H and O–H groups in total. The van der Waals surface area contributed by atoms with Crippen molar-refractivity contribution in [3.8, 4) is 5.75 Å². The highest BCUT2D eigenvalue weighted by molar-refractivity contribution is 6.68. The maximum atomic E-state index is 6.06. The lowest BCUT2D eigenvalue weighted by Gasteiger charge is -2.24. The topological polar surface area (TPSA) is 18.5 Å². The first-order chi connectivity index (χ1) is 9.22. The molecule has 0 radical (unpaired) electrons. The van der Waals surface area contributed by atoms with Gasteiger partial charge in [0, 0.05) is 6.61 Å². The van der Waals surface area contributed by atoms with Crippen LogP contribution < -0.4 is 9.61 Å². The average molecular weight is 293 g/mol. The quantitative estimate of drug-likeness (QED) is 0.792. The predicted molar refractivity (Wildman–Crippen MR) is 86.6 cm³/mol. The van der Waals surface area contributed by atoms with E-state index in [2.05, 4.69) is 45.0 Å². The van der Waals surface area contributed by atoms with Crippen LogP contribution in [0, 0.1) is 6.92 Å². The van der Waals surface area contributed by atoms with E-state index in [0.717, 1.165) is 12.4 Å². The lowest BCUT2D eigenvalue weighted by atomic mass is 10.2. The van der Waals surface area contributed by atoms with E-state index in [4.69, 9.17) is 8.85 Å². The molecule has 1 atom stereocenters. The minimum Gasteiger partial charge on any atom is -0.545 e. The summed E-state index contributed by atoms with van der Waals surface area (Å²) < 4.78 is 12.1. The van der Waals surface area contributed by atoms with Crippen molar-refractivity contribution in [1.29, 1.82) is 0 Å². The highest BCUT2D eigenvalue weighted by Gasteiger charge is 2.21. The molecule has 1 aromatic carbocycles. The van der Waals surface area contributed by atoms with Crippen LogP contribution in [0.3, 0.4) is 0 Å². The normalized spacial score (nSPS) is 21.0. The Kier molecular flexibility index (Phi) is 5.42. The van der Waals surface area contributed by atoms with Gasteiger partial charge in [0.15, 0.2) is 0 Å². The van der Waals surface area contributed by atoms with Crippen LogP contribution in [0.15, 0.2) is 29.5 Å². The highest BCUT2D eigenvalue weighted by atomic mass is 28.3. The largest absolute Gasteiger partial charge is 0.545 e. The first-order valence-electron chi connectivity index (χ1n) is 7.18. The van der Waals surface area contributed by atoms with Crippen LogP contribution in [-0.2, 0) is 4.43 Å². The Morgan fingerprint density at radius 3 is 2.95 bits per heavy atom. The van der Waals surface area contributed by atoms with Gasteiger partial charge in [-0.3, -0.25) is 0 Å². The van der Waals surface area contributed by atoms with Gasteiger partial charge in [-0.05, 0) is 50.1 Å². The summed E-state index contributed by atoms with van der Waals surface area (Å²) in [7, 11) is -1.78. The zero-order chi connectivity index (χ0) is 13.7. The summed E-state index contributed by atoms with van der Waals surface area (Å²) in [4.78, 5) is 0. The lowest BCUT2D eigenvalue weighted by molar-refractivity contribution is 0.294. The van der Waals surface area contributed by atoms with Gasteiger partial charge in [-0.15, -0.1) is 0 Å². The van der Waals surface area contributed by atoms with Crippen LogP contribution in [0.2, 0.25) is 6.04 Å². The number of hydrogen-bond donors (Lipinski definition) is 0. The van der Waals surface area contributed by atoms with Gasteiger partial charge in [-0.1, -0.05) is 29.8 Å². The second-order valence-corrected chi connectivity index (χ2v) is 9.45. The zero-order valence-corrected chi connectivity index (χ0v) is 14.8. The van der Waals surface area contributed by atoms with E-state index in [-0.39, 0.29) is 0 Å². The van der Waals surface area contributed by atoms with Gasteiger partial charge in [0.2, 0.25) is 18.8 Å². The Morgan fingerprint density at radius 1 is 1.42 bits per heavy atom. The molecule has 1 aliphatic heterocycles. The molecule has 19 heavy (non-hydrogen) atoms. The molecule has 0 spiro atoms. The van der Waals surface area contributed by atoms with Crippen LogP contribution >= 0.6 is 0 Å². The first kappa shape index (κ1) is 14.6. The minimum absolute atomic E-state index is 0.593. The fourth-order valence-electron chi connectivity index (χ4n) is 2.40. The monoisotopic (exact) mass is 292 g/mol. The maximum absolute atomic E-state index is 6.06. The third-order valence-corrected chi connectivity index (χ3v) is 8.01. The van der Waals surface area contributed by atoms with Gasteiger partial charge in [-0.25, -0.2) is 0 Å². The standard InChI is InChI=1S/C15H24O2Si2/c1-4-12(2)18-17-14-8-7-9-15(13(14)3)19-11-6-5-10-16-19/h4,7-9,19H,5-6,10-11,18H2,1-3H3. The van der Waals surface area contributed by atoms with Gasteiger partial charge >= 0.3 is 0 Å². The van der Waals surface area contributed by atoms with E-state index in [1.54, 1.807) is 0 Å². The molecule has 1 aliphatic rings. The van der Waals surface area contributed by atoms with Crippen molar-refractivity contribution in [1.82, 2.24) is 0 Å². The number of hydrogen-bond acceptors (Lipinski definition) is 2. The SMILES string of the molecule is CC=C(C)[SiH2]Oc1cccc([SiH]2CCCCO2)c1C. The summed E-state index contributed by atoms with van der Waals surface area (Å²) in [5, 5.41) is 2.85. The molecule has 1 fully saturated rings. The Morgan fingerprint density at radius 2 is 2.26 bits per heavy atom. The molecule has 0 aromatic heterocycles. The van der Waals surface area contributed by atoms with E-state index in [1.165, 1.54) is 34.8 Å². The molecule has 1 heterocycles. The van der Waals surface area contributed by atoms with E-state index < -0.39 is 18.8 Å². The van der Waals surface area contributed by atoms with Crippen molar-refractivity contribution >= 4 is 24.0 Å². The Balaban J connectivity index is 2.12. The lowest BCUT2D eigenvalue weighted by Crippen LogP contribution is -2.38. The van der Waals surface area contributed by atoms with Crippen LogP contribution in [0.1, 0.15) is 32.3 Å². The van der Waals surface area contributed by atoms with Crippen molar-refractivity contribution in [2.45, 2.75) is 39.7 Å². The smallest absolute Gasteiger partial charge is 0.246 e. The zero-order valence-electron chi connectivity index (χ0n) is 12.2. The fraction of sp³-hybridized carbons (Fsp3) is 0.467. The van der Waals surface area contributed by atoms with Crippen LogP contribution in [0.4, 0.5) is 0 Å². The Bertz CT molecular complexity index is 451. The summed E-state index contributed by atoms with van der Waals surface area (Å²) in [6.45, 7) is 7.38. The molecular weight excluding hydrogens is 268 g/mol. The van der Waals surface area contributed by atoms with Gasteiger partial charge in [0.25, 0.3) is 0 Å². The summed E-state index contributed by atoms with van der Waals surface area (Å²) in [6, 6.07) is 7.75. The first-order valence-corrected chi connectivity index (χ1v) is 10.3. The third-order valence-electron chi connectivity index (χ3n) is 3.80. The van der Waals surface area contributed by atoms with Crippen molar-refractivity contribution in [2.24, 2.45) is 0 Å². The van der Waals surface area contributed by atoms with E-state index in [1.807, 2.05) is 0 Å². The molecule has 104 valence electrons. The van der Waals surface area contributed by atoms with Crippen molar-refractivity contribution in [2.75, 3.05) is 6.61 Å². The number of benzene rings is 1. The van der Waals surface area contributed by atoms with Crippen LogP contribution in [-0.4, -0.2) is 25.4 Å². The second-order valence-electron chi connectivity index (χ2n) is 5.25. The van der Waals surface area contributed by atoms with Gasteiger partial charge < -0.3 is 8.85 Å². The van der Waals surface area contributed by atoms with Crippen LogP contribution in [0.5, 0.6) is 5.75 Å². The Labute approximate surface area is 120 Å². The van der Waals surface area contributed by atoms with Gasteiger partial charge in [-0.2, -0.15) is 0 Å². The molecule has 1 unspecified atom stereocenters. The van der Waals surface area contributed by atoms with Gasteiger partial charge in [0.1, 0.15) is 5.75 Å². The summed E-state index contributed by atoms with van der Waals surface area (Å²) >= 11 is 0. The fourth-order valence-corrected chi connectivity index (χ4v) is 5.98. The van der Waals surface area contributed by atoms with Crippen molar-refractivity contribution < 1.29 is 8.85 Å². The van der Waals surface area contributed by atoms with E-state index in [9.17, 15) is 0 Å². The molecule has 0 amide bonds. The van der Waals surface area contributed by atoms with Gasteiger partial charge in [0.05, 0.1) is 0 Å². The summed E-state index contributed by atoms with van der Waals surface area (Å²) in [6.07, 6.45) is 4.71. The molecular formula is C15H24O2Si2. The maximum Gasteiger partial charge on any atom is 0.246 e. The Hall–Kier alpha value is -0.846. The predicted octanol–water partition coefficient (Wildman–Crippen LogP) is 2.12. The second kappa shape index (κ2) is 7.07. The molecule has 0 saturated carbocycles. The van der Waals surface area contributed by atoms with E-state index in [0.29, 0.717) is 0 Å². The molecule has 2 rings (SSSR count). The molecule has 0 bridgehead atoms. The summed E-state index contributed by atoms with van der Waals surface area (Å²) in [5.41, 5.74) is 1.32. The van der Waals surface area contributed by atoms with Crippen molar-refractivity contribution in [3.63, 3.8) is 0 Å². The average Bonchev–Trinajstić information content (AvgIpc) is 2.46. The highest BCUT2D eigenvalue weighted by Crippen LogP contribution is 2.19. The molecule has 1 saturated heterocycles. The third kappa shape index (κ3) is 3.81. The summed E-state index contributed by atoms with van der Waals surface area (Å²) in [5.74, 6) is 1.08. The van der Waals surface area contributed by atoms with Crippen molar-refractivity contribution in [3.05, 3.63) is 35.0 Å². The van der Waals surface area contributed by atoms with E-state index >= 15 is 0 Å². The minimum atomic E-state index is -1.19. The molecule has 2 nitrogen and oxygen atoms in total. The molecule has 4 heteroatoms. The van der Waals surface area contributed by atoms with Crippen LogP contribution in [0.25, 0.3) is 0 Å². The molecule has 0 aliphatic carbocycles. The number of allylic oxidation sites excluding steroid dienone is 2.